The van der Waals surface area contributed by atoms with Crippen molar-refractivity contribution in [3.8, 4) is 17.0 Å². The minimum Gasteiger partial charge on any atom is -0.497 e. The molecule has 1 aromatic carbocycles. The molecule has 3 rings (SSSR count). The fourth-order valence-electron chi connectivity index (χ4n) is 2.22. The van der Waals surface area contributed by atoms with E-state index in [4.69, 9.17) is 4.74 Å². The maximum absolute atomic E-state index is 12.2. The number of hydrogen-bond acceptors (Lipinski definition) is 4. The van der Waals surface area contributed by atoms with Crippen LogP contribution >= 0.6 is 11.3 Å². The number of hydrogen-bond donors (Lipinski definition) is 0. The van der Waals surface area contributed by atoms with E-state index >= 15 is 0 Å². The minimum absolute atomic E-state index is 0.216. The van der Waals surface area contributed by atoms with Gasteiger partial charge in [-0.05, 0) is 44.0 Å². The number of aromatic nitrogens is 1. The first-order chi connectivity index (χ1) is 10.2. The maximum Gasteiger partial charge on any atom is 0.231 e. The average Bonchev–Trinajstić information content (AvgIpc) is 3.27. The van der Waals surface area contributed by atoms with Crippen LogP contribution in [0.1, 0.15) is 19.8 Å². The first kappa shape index (κ1) is 14.1. The van der Waals surface area contributed by atoms with E-state index in [-0.39, 0.29) is 11.8 Å². The van der Waals surface area contributed by atoms with Gasteiger partial charge in [0.15, 0.2) is 5.13 Å². The van der Waals surface area contributed by atoms with Crippen LogP contribution in [0.15, 0.2) is 29.6 Å². The second kappa shape index (κ2) is 5.85. The monoisotopic (exact) mass is 302 g/mol. The Morgan fingerprint density at radius 1 is 1.38 bits per heavy atom. The third-order valence-electron chi connectivity index (χ3n) is 3.62. The van der Waals surface area contributed by atoms with Crippen LogP contribution in [0.2, 0.25) is 0 Å². The van der Waals surface area contributed by atoms with Gasteiger partial charge < -0.3 is 4.74 Å². The summed E-state index contributed by atoms with van der Waals surface area (Å²) >= 11 is 1.52. The number of carbonyl (C=O) groups is 1. The van der Waals surface area contributed by atoms with Gasteiger partial charge in [0, 0.05) is 23.4 Å². The van der Waals surface area contributed by atoms with Gasteiger partial charge in [-0.25, -0.2) is 4.98 Å². The summed E-state index contributed by atoms with van der Waals surface area (Å²) in [5.41, 5.74) is 1.94. The molecule has 4 nitrogen and oxygen atoms in total. The highest BCUT2D eigenvalue weighted by molar-refractivity contribution is 7.14. The van der Waals surface area contributed by atoms with Crippen LogP contribution in [-0.2, 0) is 4.79 Å². The Labute approximate surface area is 128 Å². The number of benzene rings is 1. The van der Waals surface area contributed by atoms with E-state index in [0.717, 1.165) is 35.0 Å². The molecule has 21 heavy (non-hydrogen) atoms. The van der Waals surface area contributed by atoms with Gasteiger partial charge >= 0.3 is 0 Å². The summed E-state index contributed by atoms with van der Waals surface area (Å²) in [6, 6.07) is 7.80. The molecule has 0 bridgehead atoms. The molecule has 2 aromatic rings. The molecule has 0 unspecified atom stereocenters. The number of anilines is 1. The third-order valence-corrected chi connectivity index (χ3v) is 4.48. The minimum atomic E-state index is 0.216. The quantitative estimate of drug-likeness (QED) is 0.848. The smallest absolute Gasteiger partial charge is 0.231 e. The van der Waals surface area contributed by atoms with Crippen molar-refractivity contribution in [2.45, 2.75) is 19.8 Å². The molecule has 0 spiro atoms. The Bertz CT molecular complexity index is 632. The second-order valence-corrected chi connectivity index (χ2v) is 5.94. The van der Waals surface area contributed by atoms with Gasteiger partial charge in [0.2, 0.25) is 5.91 Å². The van der Waals surface area contributed by atoms with E-state index in [1.807, 2.05) is 36.6 Å². The van der Waals surface area contributed by atoms with Crippen LogP contribution in [0.25, 0.3) is 11.3 Å². The van der Waals surface area contributed by atoms with E-state index in [9.17, 15) is 4.79 Å². The lowest BCUT2D eigenvalue weighted by atomic mass is 10.2. The van der Waals surface area contributed by atoms with E-state index < -0.39 is 0 Å². The maximum atomic E-state index is 12.2. The van der Waals surface area contributed by atoms with Crippen molar-refractivity contribution in [2.75, 3.05) is 18.6 Å². The zero-order chi connectivity index (χ0) is 14.8. The van der Waals surface area contributed by atoms with Crippen LogP contribution in [0.5, 0.6) is 5.75 Å². The Morgan fingerprint density at radius 3 is 2.67 bits per heavy atom. The van der Waals surface area contributed by atoms with Gasteiger partial charge in [-0.2, -0.15) is 0 Å². The number of thiazole rings is 1. The molecule has 110 valence electrons. The molecule has 1 saturated carbocycles. The van der Waals surface area contributed by atoms with Crippen molar-refractivity contribution in [1.82, 2.24) is 4.98 Å². The molecule has 1 aromatic heterocycles. The Balaban J connectivity index is 1.82. The van der Waals surface area contributed by atoms with Crippen LogP contribution in [0.3, 0.4) is 0 Å². The van der Waals surface area contributed by atoms with Crippen LogP contribution in [-0.4, -0.2) is 24.5 Å². The molecule has 0 atom stereocenters. The fraction of sp³-hybridized carbons (Fsp3) is 0.375. The van der Waals surface area contributed by atoms with Crippen molar-refractivity contribution in [3.05, 3.63) is 29.6 Å². The molecule has 1 fully saturated rings. The number of carbonyl (C=O) groups excluding carboxylic acids is 1. The van der Waals surface area contributed by atoms with Gasteiger partial charge in [-0.1, -0.05) is 0 Å². The van der Waals surface area contributed by atoms with Gasteiger partial charge in [0.05, 0.1) is 12.8 Å². The molecule has 1 aliphatic carbocycles. The molecule has 1 amide bonds. The molecule has 0 aliphatic heterocycles. The predicted octanol–water partition coefficient (Wildman–Crippen LogP) is 3.58. The van der Waals surface area contributed by atoms with Gasteiger partial charge in [-0.15, -0.1) is 11.3 Å². The SMILES string of the molecule is CCN(C(=O)C1CC1)c1nc(-c2ccc(OC)cc2)cs1. The lowest BCUT2D eigenvalue weighted by Gasteiger charge is -2.17. The van der Waals surface area contributed by atoms with Crippen molar-refractivity contribution in [2.24, 2.45) is 5.92 Å². The normalized spacial score (nSPS) is 14.0. The lowest BCUT2D eigenvalue weighted by Crippen LogP contribution is -2.31. The summed E-state index contributed by atoms with van der Waals surface area (Å²) in [4.78, 5) is 18.7. The number of rotatable bonds is 5. The fourth-order valence-corrected chi connectivity index (χ4v) is 3.12. The number of amides is 1. The van der Waals surface area contributed by atoms with Crippen LogP contribution in [0, 0.1) is 5.92 Å². The Morgan fingerprint density at radius 2 is 2.10 bits per heavy atom. The number of nitrogens with zero attached hydrogens (tertiary/aromatic N) is 2. The zero-order valence-electron chi connectivity index (χ0n) is 12.2. The van der Waals surface area contributed by atoms with Gasteiger partial charge in [0.25, 0.3) is 0 Å². The summed E-state index contributed by atoms with van der Waals surface area (Å²) < 4.78 is 5.16. The summed E-state index contributed by atoms with van der Waals surface area (Å²) in [6.45, 7) is 2.67. The highest BCUT2D eigenvalue weighted by atomic mass is 32.1. The molecule has 5 heteroatoms. The standard InChI is InChI=1S/C16H18N2O2S/c1-3-18(15(19)12-4-5-12)16-17-14(10-21-16)11-6-8-13(20-2)9-7-11/h6-10,12H,3-5H2,1-2H3. The molecular formula is C16H18N2O2S. The van der Waals surface area contributed by atoms with Crippen LogP contribution < -0.4 is 9.64 Å². The summed E-state index contributed by atoms with van der Waals surface area (Å²) in [5, 5.41) is 2.79. The van der Waals surface area contributed by atoms with E-state index in [2.05, 4.69) is 4.98 Å². The summed E-state index contributed by atoms with van der Waals surface area (Å²) in [6.07, 6.45) is 2.04. The highest BCUT2D eigenvalue weighted by Gasteiger charge is 2.34. The van der Waals surface area contributed by atoms with Crippen molar-refractivity contribution in [3.63, 3.8) is 0 Å². The largest absolute Gasteiger partial charge is 0.497 e. The molecule has 1 aliphatic rings. The third kappa shape index (κ3) is 2.93. The van der Waals surface area contributed by atoms with E-state index in [0.29, 0.717) is 6.54 Å². The van der Waals surface area contributed by atoms with Crippen molar-refractivity contribution in [1.29, 1.82) is 0 Å². The van der Waals surface area contributed by atoms with Crippen molar-refractivity contribution < 1.29 is 9.53 Å². The second-order valence-electron chi connectivity index (χ2n) is 5.10. The zero-order valence-corrected chi connectivity index (χ0v) is 13.0. The Hall–Kier alpha value is -1.88. The molecule has 0 radical (unpaired) electrons. The number of methoxy groups -OCH3 is 1. The van der Waals surface area contributed by atoms with Crippen LogP contribution in [0.4, 0.5) is 5.13 Å². The number of ether oxygens (including phenoxy) is 1. The van der Waals surface area contributed by atoms with Crippen molar-refractivity contribution >= 4 is 22.4 Å². The first-order valence-electron chi connectivity index (χ1n) is 7.14. The van der Waals surface area contributed by atoms with E-state index in [1.165, 1.54) is 11.3 Å². The summed E-state index contributed by atoms with van der Waals surface area (Å²) in [5.74, 6) is 1.26. The highest BCUT2D eigenvalue weighted by Crippen LogP contribution is 2.35. The first-order valence-corrected chi connectivity index (χ1v) is 8.02. The lowest BCUT2D eigenvalue weighted by molar-refractivity contribution is -0.119. The molecule has 0 N–H and O–H groups in total. The van der Waals surface area contributed by atoms with E-state index in [1.54, 1.807) is 12.0 Å². The van der Waals surface area contributed by atoms with Gasteiger partial charge in [0.1, 0.15) is 5.75 Å². The molecule has 1 heterocycles. The molecule has 0 saturated heterocycles. The Kier molecular flexibility index (Phi) is 3.92. The van der Waals surface area contributed by atoms with Gasteiger partial charge in [-0.3, -0.25) is 9.69 Å². The average molecular weight is 302 g/mol. The molecular weight excluding hydrogens is 284 g/mol. The topological polar surface area (TPSA) is 42.4 Å². The predicted molar refractivity (Wildman–Crippen MR) is 84.9 cm³/mol. The summed E-state index contributed by atoms with van der Waals surface area (Å²) in [7, 11) is 1.65.